The Morgan fingerprint density at radius 2 is 2.12 bits per heavy atom. The van der Waals surface area contributed by atoms with Crippen LogP contribution >= 0.6 is 0 Å². The molecule has 5 nitrogen and oxygen atoms in total. The minimum absolute atomic E-state index is 0.246. The maximum absolute atomic E-state index is 11.1. The third-order valence-electron chi connectivity index (χ3n) is 2.53. The van der Waals surface area contributed by atoms with Crippen molar-refractivity contribution in [1.82, 2.24) is 14.6 Å². The van der Waals surface area contributed by atoms with Crippen molar-refractivity contribution in [3.8, 4) is 0 Å². The highest BCUT2D eigenvalue weighted by molar-refractivity contribution is 6.03. The summed E-state index contributed by atoms with van der Waals surface area (Å²) in [5.74, 6) is -0.957. The number of aromatic nitrogens is 3. The number of hydrogen-bond acceptors (Lipinski definition) is 3. The van der Waals surface area contributed by atoms with Crippen LogP contribution in [0.15, 0.2) is 36.7 Å². The average molecular weight is 213 g/mol. The first-order valence-corrected chi connectivity index (χ1v) is 4.72. The molecule has 1 aromatic carbocycles. The van der Waals surface area contributed by atoms with E-state index >= 15 is 0 Å². The van der Waals surface area contributed by atoms with Gasteiger partial charge in [0.15, 0.2) is 5.65 Å². The van der Waals surface area contributed by atoms with Gasteiger partial charge in [-0.05, 0) is 12.1 Å². The number of aromatic carboxylic acids is 1. The summed E-state index contributed by atoms with van der Waals surface area (Å²) in [4.78, 5) is 11.1. The largest absolute Gasteiger partial charge is 0.478 e. The van der Waals surface area contributed by atoms with Crippen LogP contribution in [0.1, 0.15) is 10.4 Å². The van der Waals surface area contributed by atoms with Gasteiger partial charge in [0.25, 0.3) is 0 Å². The van der Waals surface area contributed by atoms with Gasteiger partial charge in [0.05, 0.1) is 11.1 Å². The smallest absolute Gasteiger partial charge is 0.336 e. The Morgan fingerprint density at radius 1 is 1.31 bits per heavy atom. The van der Waals surface area contributed by atoms with Gasteiger partial charge >= 0.3 is 5.97 Å². The Bertz CT molecular complexity index is 703. The first-order chi connectivity index (χ1) is 7.77. The Labute approximate surface area is 90.0 Å². The van der Waals surface area contributed by atoms with Crippen molar-refractivity contribution < 1.29 is 9.90 Å². The number of nitrogens with zero attached hydrogens (tertiary/aromatic N) is 3. The lowest BCUT2D eigenvalue weighted by Crippen LogP contribution is -2.00. The van der Waals surface area contributed by atoms with Crippen molar-refractivity contribution in [2.24, 2.45) is 0 Å². The Hall–Kier alpha value is -2.43. The Balaban J connectivity index is 2.60. The molecule has 0 radical (unpaired) electrons. The Kier molecular flexibility index (Phi) is 1.67. The molecule has 0 aliphatic rings. The zero-order chi connectivity index (χ0) is 11.1. The van der Waals surface area contributed by atoms with Gasteiger partial charge in [-0.1, -0.05) is 18.2 Å². The average Bonchev–Trinajstić information content (AvgIpc) is 2.75. The first kappa shape index (κ1) is 8.84. The van der Waals surface area contributed by atoms with Crippen molar-refractivity contribution in [2.75, 3.05) is 0 Å². The second kappa shape index (κ2) is 3.03. The predicted molar refractivity (Wildman–Crippen MR) is 57.5 cm³/mol. The van der Waals surface area contributed by atoms with Gasteiger partial charge in [0, 0.05) is 5.39 Å². The molecule has 3 aromatic rings. The number of para-hydroxylation sites is 1. The molecule has 0 saturated carbocycles. The number of carbonyl (C=O) groups is 1. The van der Waals surface area contributed by atoms with Crippen molar-refractivity contribution in [1.29, 1.82) is 0 Å². The van der Waals surface area contributed by atoms with Crippen LogP contribution in [0.4, 0.5) is 0 Å². The van der Waals surface area contributed by atoms with E-state index in [9.17, 15) is 4.79 Å². The minimum atomic E-state index is -0.957. The van der Waals surface area contributed by atoms with E-state index in [-0.39, 0.29) is 5.56 Å². The van der Waals surface area contributed by atoms with Crippen molar-refractivity contribution >= 4 is 22.5 Å². The van der Waals surface area contributed by atoms with Crippen LogP contribution in [0, 0.1) is 0 Å². The molecule has 3 rings (SSSR count). The SMILES string of the molecule is O=C(O)c1cc2nncn2c2ccccc12. The third-order valence-corrected chi connectivity index (χ3v) is 2.53. The summed E-state index contributed by atoms with van der Waals surface area (Å²) in [6.45, 7) is 0. The topological polar surface area (TPSA) is 67.5 Å². The van der Waals surface area contributed by atoms with Gasteiger partial charge in [-0.15, -0.1) is 10.2 Å². The minimum Gasteiger partial charge on any atom is -0.478 e. The van der Waals surface area contributed by atoms with E-state index in [2.05, 4.69) is 10.2 Å². The molecule has 16 heavy (non-hydrogen) atoms. The molecular weight excluding hydrogens is 206 g/mol. The van der Waals surface area contributed by atoms with Crippen LogP contribution in [0.5, 0.6) is 0 Å². The fourth-order valence-corrected chi connectivity index (χ4v) is 1.82. The molecule has 78 valence electrons. The van der Waals surface area contributed by atoms with E-state index in [0.717, 1.165) is 5.52 Å². The normalized spacial score (nSPS) is 11.0. The van der Waals surface area contributed by atoms with Crippen LogP contribution in [-0.4, -0.2) is 25.7 Å². The lowest BCUT2D eigenvalue weighted by Gasteiger charge is -2.04. The van der Waals surface area contributed by atoms with E-state index in [4.69, 9.17) is 5.11 Å². The van der Waals surface area contributed by atoms with Crippen LogP contribution < -0.4 is 0 Å². The molecule has 0 saturated heterocycles. The molecule has 0 fully saturated rings. The molecule has 0 unspecified atom stereocenters. The number of benzene rings is 1. The Morgan fingerprint density at radius 3 is 2.94 bits per heavy atom. The van der Waals surface area contributed by atoms with Gasteiger partial charge in [-0.2, -0.15) is 0 Å². The van der Waals surface area contributed by atoms with Gasteiger partial charge in [-0.25, -0.2) is 4.79 Å². The predicted octanol–water partition coefficient (Wildman–Crippen LogP) is 1.58. The number of fused-ring (bicyclic) bond motifs is 3. The number of pyridine rings is 1. The summed E-state index contributed by atoms with van der Waals surface area (Å²) < 4.78 is 1.77. The van der Waals surface area contributed by atoms with Gasteiger partial charge in [0.1, 0.15) is 6.33 Å². The summed E-state index contributed by atoms with van der Waals surface area (Å²) in [5, 5.41) is 17.4. The molecule has 0 atom stereocenters. The molecule has 0 aliphatic carbocycles. The molecule has 2 aromatic heterocycles. The fraction of sp³-hybridized carbons (Fsp3) is 0. The number of rotatable bonds is 1. The van der Waals surface area contributed by atoms with Crippen LogP contribution in [0.25, 0.3) is 16.6 Å². The van der Waals surface area contributed by atoms with E-state index in [1.54, 1.807) is 16.8 Å². The number of carboxylic acid groups (broad SMARTS) is 1. The number of hydrogen-bond donors (Lipinski definition) is 1. The van der Waals surface area contributed by atoms with E-state index in [1.807, 2.05) is 18.2 Å². The molecule has 0 bridgehead atoms. The second-order valence-electron chi connectivity index (χ2n) is 3.44. The van der Waals surface area contributed by atoms with E-state index < -0.39 is 5.97 Å². The second-order valence-corrected chi connectivity index (χ2v) is 3.44. The zero-order valence-corrected chi connectivity index (χ0v) is 8.16. The van der Waals surface area contributed by atoms with Crippen molar-refractivity contribution in [3.63, 3.8) is 0 Å². The van der Waals surface area contributed by atoms with Crippen molar-refractivity contribution in [2.45, 2.75) is 0 Å². The highest BCUT2D eigenvalue weighted by atomic mass is 16.4. The highest BCUT2D eigenvalue weighted by Crippen LogP contribution is 2.20. The van der Waals surface area contributed by atoms with Crippen LogP contribution in [-0.2, 0) is 0 Å². The van der Waals surface area contributed by atoms with Gasteiger partial charge in [0.2, 0.25) is 0 Å². The van der Waals surface area contributed by atoms with Crippen molar-refractivity contribution in [3.05, 3.63) is 42.2 Å². The van der Waals surface area contributed by atoms with Crippen LogP contribution in [0.2, 0.25) is 0 Å². The lowest BCUT2D eigenvalue weighted by atomic mass is 10.1. The lowest BCUT2D eigenvalue weighted by molar-refractivity contribution is 0.0699. The van der Waals surface area contributed by atoms with E-state index in [1.165, 1.54) is 6.07 Å². The monoisotopic (exact) mass is 213 g/mol. The van der Waals surface area contributed by atoms with Gasteiger partial charge < -0.3 is 5.11 Å². The number of carboxylic acids is 1. The first-order valence-electron chi connectivity index (χ1n) is 4.72. The van der Waals surface area contributed by atoms with Gasteiger partial charge in [-0.3, -0.25) is 4.40 Å². The summed E-state index contributed by atoms with van der Waals surface area (Å²) in [6.07, 6.45) is 1.57. The molecule has 1 N–H and O–H groups in total. The maximum atomic E-state index is 11.1. The standard InChI is InChI=1S/C11H7N3O2/c15-11(16)8-5-10-13-12-6-14(10)9-4-2-1-3-7(8)9/h1-6H,(H,15,16). The molecule has 0 amide bonds. The molecule has 2 heterocycles. The van der Waals surface area contributed by atoms with Crippen LogP contribution in [0.3, 0.4) is 0 Å². The summed E-state index contributed by atoms with van der Waals surface area (Å²) in [5.41, 5.74) is 1.58. The maximum Gasteiger partial charge on any atom is 0.336 e. The highest BCUT2D eigenvalue weighted by Gasteiger charge is 2.12. The quantitative estimate of drug-likeness (QED) is 0.666. The molecule has 0 aliphatic heterocycles. The summed E-state index contributed by atoms with van der Waals surface area (Å²) >= 11 is 0. The van der Waals surface area contributed by atoms with E-state index in [0.29, 0.717) is 11.0 Å². The third kappa shape index (κ3) is 1.08. The fourth-order valence-electron chi connectivity index (χ4n) is 1.82. The summed E-state index contributed by atoms with van der Waals surface area (Å²) in [7, 11) is 0. The molecular formula is C11H7N3O2. The molecule has 5 heteroatoms. The zero-order valence-electron chi connectivity index (χ0n) is 8.16. The summed E-state index contributed by atoms with van der Waals surface area (Å²) in [6, 6.07) is 8.81. The molecule has 0 spiro atoms.